The van der Waals surface area contributed by atoms with E-state index in [0.29, 0.717) is 12.8 Å². The van der Waals surface area contributed by atoms with Gasteiger partial charge in [-0.05, 0) is 57.3 Å². The van der Waals surface area contributed by atoms with Crippen molar-refractivity contribution in [2.45, 2.75) is 83.7 Å². The Morgan fingerprint density at radius 3 is 2.68 bits per heavy atom. The molecule has 0 aliphatic heterocycles. The Hall–Kier alpha value is -1.35. The smallest absolute Gasteiger partial charge is 0.305 e. The second-order valence-corrected chi connectivity index (χ2v) is 6.95. The lowest BCUT2D eigenvalue weighted by atomic mass is 10.1. The fourth-order valence-electron chi connectivity index (χ4n) is 2.82. The van der Waals surface area contributed by atoms with Crippen LogP contribution < -0.4 is 0 Å². The lowest BCUT2D eigenvalue weighted by molar-refractivity contribution is -0.140. The van der Waals surface area contributed by atoms with Crippen LogP contribution in [0.25, 0.3) is 0 Å². The molecule has 1 N–H and O–H groups in total. The number of carbonyl (C=O) groups excluding carboxylic acids is 1. The monoisotopic (exact) mass is 348 g/mol. The molecular weight excluding hydrogens is 312 g/mol. The van der Waals surface area contributed by atoms with E-state index in [1.807, 2.05) is 12.2 Å². The number of carbonyl (C=O) groups is 1. The van der Waals surface area contributed by atoms with E-state index in [4.69, 9.17) is 0 Å². The number of unbranched alkanes of at least 4 members (excludes halogenated alkanes) is 4. The minimum absolute atomic E-state index is 0.158. The molecule has 0 radical (unpaired) electrons. The van der Waals surface area contributed by atoms with Gasteiger partial charge in [-0.3, -0.25) is 4.79 Å². The number of rotatable bonds is 14. The largest absolute Gasteiger partial charge is 0.469 e. The first kappa shape index (κ1) is 21.7. The number of hydrogen-bond acceptors (Lipinski definition) is 3. The molecule has 1 saturated carbocycles. The van der Waals surface area contributed by atoms with Crippen LogP contribution in [0.4, 0.5) is 0 Å². The van der Waals surface area contributed by atoms with Crippen LogP contribution in [-0.4, -0.2) is 24.3 Å². The Bertz CT molecular complexity index is 448. The highest BCUT2D eigenvalue weighted by molar-refractivity contribution is 5.69. The predicted molar refractivity (Wildman–Crippen MR) is 104 cm³/mol. The second-order valence-electron chi connectivity index (χ2n) is 6.95. The van der Waals surface area contributed by atoms with Gasteiger partial charge in [0.15, 0.2) is 0 Å². The SMILES string of the molecule is CCCCC/C=C\CC1CC1=CC[C@@H](O)C/C=C\CCCC(=O)OC. The lowest BCUT2D eigenvalue weighted by Crippen LogP contribution is -2.02. The van der Waals surface area contributed by atoms with E-state index in [-0.39, 0.29) is 12.1 Å². The van der Waals surface area contributed by atoms with Gasteiger partial charge in [-0.1, -0.05) is 55.7 Å². The van der Waals surface area contributed by atoms with Gasteiger partial charge in [0.2, 0.25) is 0 Å². The van der Waals surface area contributed by atoms with Crippen molar-refractivity contribution in [3.8, 4) is 0 Å². The molecule has 142 valence electrons. The minimum atomic E-state index is -0.296. The van der Waals surface area contributed by atoms with Crippen molar-refractivity contribution >= 4 is 5.97 Å². The molecule has 1 unspecified atom stereocenters. The highest BCUT2D eigenvalue weighted by Crippen LogP contribution is 2.41. The number of esters is 1. The predicted octanol–water partition coefficient (Wildman–Crippen LogP) is 5.50. The Labute approximate surface area is 153 Å². The van der Waals surface area contributed by atoms with Crippen molar-refractivity contribution in [1.29, 1.82) is 0 Å². The number of allylic oxidation sites excluding steroid dienone is 4. The number of aliphatic hydroxyl groups excluding tert-OH is 1. The van der Waals surface area contributed by atoms with Crippen molar-refractivity contribution in [3.05, 3.63) is 36.0 Å². The molecule has 0 aromatic heterocycles. The van der Waals surface area contributed by atoms with E-state index in [0.717, 1.165) is 31.6 Å². The van der Waals surface area contributed by atoms with Gasteiger partial charge >= 0.3 is 5.97 Å². The first-order chi connectivity index (χ1) is 12.2. The van der Waals surface area contributed by atoms with E-state index in [2.05, 4.69) is 29.9 Å². The lowest BCUT2D eigenvalue weighted by Gasteiger charge is -2.03. The van der Waals surface area contributed by atoms with Gasteiger partial charge in [0.1, 0.15) is 0 Å². The molecule has 0 saturated heterocycles. The maximum Gasteiger partial charge on any atom is 0.305 e. The van der Waals surface area contributed by atoms with Gasteiger partial charge in [0.25, 0.3) is 0 Å². The van der Waals surface area contributed by atoms with E-state index in [9.17, 15) is 9.90 Å². The molecule has 3 heteroatoms. The summed E-state index contributed by atoms with van der Waals surface area (Å²) in [6.07, 6.45) is 21.7. The summed E-state index contributed by atoms with van der Waals surface area (Å²) in [4.78, 5) is 11.0. The van der Waals surface area contributed by atoms with Gasteiger partial charge < -0.3 is 9.84 Å². The van der Waals surface area contributed by atoms with E-state index in [1.165, 1.54) is 44.8 Å². The summed E-state index contributed by atoms with van der Waals surface area (Å²) < 4.78 is 4.60. The van der Waals surface area contributed by atoms with Crippen LogP contribution in [0, 0.1) is 5.92 Å². The van der Waals surface area contributed by atoms with Crippen LogP contribution in [0.15, 0.2) is 36.0 Å². The van der Waals surface area contributed by atoms with Crippen LogP contribution in [0.1, 0.15) is 77.6 Å². The molecule has 1 fully saturated rings. The standard InChI is InChI=1S/C22H36O3/c1-3-4-5-6-7-10-13-19-18-20(19)16-17-21(23)14-11-8-9-12-15-22(24)25-2/h7-8,10-11,16,19,21,23H,3-6,9,12-15,17-18H2,1-2H3/b10-7-,11-8-,20-16?/t19?,21-/m0/s1. The van der Waals surface area contributed by atoms with Gasteiger partial charge in [-0.2, -0.15) is 0 Å². The number of aliphatic hydroxyl groups is 1. The molecule has 1 aliphatic rings. The van der Waals surface area contributed by atoms with Gasteiger partial charge in [-0.15, -0.1) is 0 Å². The highest BCUT2D eigenvalue weighted by atomic mass is 16.5. The van der Waals surface area contributed by atoms with Crippen LogP contribution in [0.2, 0.25) is 0 Å². The third kappa shape index (κ3) is 11.8. The molecule has 1 rings (SSSR count). The quantitative estimate of drug-likeness (QED) is 0.256. The Morgan fingerprint density at radius 2 is 1.92 bits per heavy atom. The maximum atomic E-state index is 11.0. The average molecular weight is 349 g/mol. The van der Waals surface area contributed by atoms with Crippen LogP contribution >= 0.6 is 0 Å². The van der Waals surface area contributed by atoms with Crippen molar-refractivity contribution in [2.75, 3.05) is 7.11 Å². The minimum Gasteiger partial charge on any atom is -0.469 e. The van der Waals surface area contributed by atoms with Crippen molar-refractivity contribution in [1.82, 2.24) is 0 Å². The van der Waals surface area contributed by atoms with Crippen LogP contribution in [0.3, 0.4) is 0 Å². The van der Waals surface area contributed by atoms with Gasteiger partial charge in [0, 0.05) is 6.42 Å². The van der Waals surface area contributed by atoms with Crippen molar-refractivity contribution in [3.63, 3.8) is 0 Å². The molecule has 1 aliphatic carbocycles. The summed E-state index contributed by atoms with van der Waals surface area (Å²) in [5.41, 5.74) is 1.51. The fourth-order valence-corrected chi connectivity index (χ4v) is 2.82. The summed E-state index contributed by atoms with van der Waals surface area (Å²) in [6.45, 7) is 2.24. The third-order valence-electron chi connectivity index (χ3n) is 4.61. The molecule has 0 heterocycles. The molecule has 3 nitrogen and oxygen atoms in total. The topological polar surface area (TPSA) is 46.5 Å². The van der Waals surface area contributed by atoms with Gasteiger partial charge in [0.05, 0.1) is 13.2 Å². The molecular formula is C22H36O3. The summed E-state index contributed by atoms with van der Waals surface area (Å²) in [7, 11) is 1.41. The van der Waals surface area contributed by atoms with Crippen LogP contribution in [0.5, 0.6) is 0 Å². The number of ether oxygens (including phenoxy) is 1. The fraction of sp³-hybridized carbons (Fsp3) is 0.682. The van der Waals surface area contributed by atoms with E-state index < -0.39 is 0 Å². The zero-order chi connectivity index (χ0) is 18.3. The molecule has 0 amide bonds. The summed E-state index contributed by atoms with van der Waals surface area (Å²) in [5, 5.41) is 10.0. The van der Waals surface area contributed by atoms with E-state index >= 15 is 0 Å². The summed E-state index contributed by atoms with van der Waals surface area (Å²) in [5.74, 6) is 0.568. The maximum absolute atomic E-state index is 11.0. The molecule has 25 heavy (non-hydrogen) atoms. The third-order valence-corrected chi connectivity index (χ3v) is 4.61. The molecule has 2 atom stereocenters. The number of methoxy groups -OCH3 is 1. The molecule has 0 spiro atoms. The Morgan fingerprint density at radius 1 is 1.16 bits per heavy atom. The highest BCUT2D eigenvalue weighted by Gasteiger charge is 2.27. The molecule has 0 bridgehead atoms. The van der Waals surface area contributed by atoms with E-state index in [1.54, 1.807) is 0 Å². The van der Waals surface area contributed by atoms with Gasteiger partial charge in [-0.25, -0.2) is 0 Å². The van der Waals surface area contributed by atoms with Crippen molar-refractivity contribution < 1.29 is 14.6 Å². The van der Waals surface area contributed by atoms with Crippen LogP contribution in [-0.2, 0) is 9.53 Å². The number of hydrogen-bond donors (Lipinski definition) is 1. The van der Waals surface area contributed by atoms with Crippen molar-refractivity contribution in [2.24, 2.45) is 5.92 Å². The first-order valence-corrected chi connectivity index (χ1v) is 9.91. The summed E-state index contributed by atoms with van der Waals surface area (Å²) >= 11 is 0. The zero-order valence-electron chi connectivity index (χ0n) is 16.1. The summed E-state index contributed by atoms with van der Waals surface area (Å²) in [6, 6.07) is 0. The zero-order valence-corrected chi connectivity index (χ0v) is 16.1. The normalized spacial score (nSPS) is 19.8. The molecule has 0 aromatic rings. The second kappa shape index (κ2) is 13.9. The molecule has 0 aromatic carbocycles. The first-order valence-electron chi connectivity index (χ1n) is 9.91. The average Bonchev–Trinajstić information content (AvgIpc) is 3.37. The Kier molecular flexibility index (Phi) is 12.0. The Balaban J connectivity index is 2.03.